The second-order valence-electron chi connectivity index (χ2n) is 6.13. The average Bonchev–Trinajstić information content (AvgIpc) is 2.93. The van der Waals surface area contributed by atoms with Gasteiger partial charge in [-0.1, -0.05) is 6.07 Å². The summed E-state index contributed by atoms with van der Waals surface area (Å²) in [5, 5.41) is 8.47. The van der Waals surface area contributed by atoms with Crippen LogP contribution < -0.4 is 5.59 Å². The molecule has 0 radical (unpaired) electrons. The van der Waals surface area contributed by atoms with Gasteiger partial charge < -0.3 is 9.31 Å². The van der Waals surface area contributed by atoms with E-state index in [1.165, 1.54) is 16.9 Å². The molecule has 0 spiro atoms. The maximum Gasteiger partial charge on any atom is 0.518 e. The van der Waals surface area contributed by atoms with Gasteiger partial charge in [0, 0.05) is 6.07 Å². The van der Waals surface area contributed by atoms with Crippen LogP contribution in [0.25, 0.3) is 5.69 Å². The normalized spacial score (nSPS) is 20.0. The number of aromatic nitrogens is 3. The summed E-state index contributed by atoms with van der Waals surface area (Å²) in [6.07, 6.45) is 1.58. The zero-order chi connectivity index (χ0) is 15.3. The van der Waals surface area contributed by atoms with Gasteiger partial charge in [-0.15, -0.1) is 0 Å². The van der Waals surface area contributed by atoms with Crippen LogP contribution in [0.2, 0.25) is 0 Å². The number of halogens is 1. The highest BCUT2D eigenvalue weighted by atomic mass is 19.1. The summed E-state index contributed by atoms with van der Waals surface area (Å²) in [6.45, 7) is 7.90. The summed E-state index contributed by atoms with van der Waals surface area (Å²) in [7, 11) is -0.572. The third kappa shape index (κ3) is 2.47. The molecule has 1 aromatic heterocycles. The molecule has 1 aromatic carbocycles. The topological polar surface area (TPSA) is 49.2 Å². The van der Waals surface area contributed by atoms with Crippen LogP contribution in [0.5, 0.6) is 0 Å². The highest BCUT2D eigenvalue weighted by molar-refractivity contribution is 6.61. The van der Waals surface area contributed by atoms with Crippen molar-refractivity contribution >= 4 is 12.7 Å². The molecule has 2 aromatic rings. The van der Waals surface area contributed by atoms with E-state index in [0.717, 1.165) is 0 Å². The highest BCUT2D eigenvalue weighted by Crippen LogP contribution is 2.36. The molecule has 1 aliphatic rings. The molecular formula is C14H17BFN3O2. The molecule has 0 amide bonds. The molecule has 0 saturated carbocycles. The predicted molar refractivity (Wildman–Crippen MR) is 77.0 cm³/mol. The van der Waals surface area contributed by atoms with Gasteiger partial charge in [-0.2, -0.15) is 15.0 Å². The van der Waals surface area contributed by atoms with Crippen LogP contribution in [0, 0.1) is 5.82 Å². The Morgan fingerprint density at radius 2 is 1.81 bits per heavy atom. The summed E-state index contributed by atoms with van der Waals surface area (Å²) in [6, 6.07) is 6.09. The van der Waals surface area contributed by atoms with Gasteiger partial charge >= 0.3 is 7.12 Å². The second kappa shape index (κ2) is 4.64. The van der Waals surface area contributed by atoms with Crippen molar-refractivity contribution in [2.75, 3.05) is 0 Å². The van der Waals surface area contributed by atoms with Crippen molar-refractivity contribution in [2.24, 2.45) is 0 Å². The molecule has 1 fully saturated rings. The molecule has 0 unspecified atom stereocenters. The summed E-state index contributed by atoms with van der Waals surface area (Å²) in [4.78, 5) is 1.36. The molecule has 0 atom stereocenters. The van der Waals surface area contributed by atoms with E-state index in [4.69, 9.17) is 9.31 Å². The van der Waals surface area contributed by atoms with E-state index < -0.39 is 18.3 Å². The molecule has 21 heavy (non-hydrogen) atoms. The fourth-order valence-electron chi connectivity index (χ4n) is 2.07. The van der Waals surface area contributed by atoms with Crippen LogP contribution in [-0.4, -0.2) is 33.3 Å². The number of hydrogen-bond acceptors (Lipinski definition) is 4. The first kappa shape index (κ1) is 14.2. The van der Waals surface area contributed by atoms with Gasteiger partial charge in [0.1, 0.15) is 11.4 Å². The van der Waals surface area contributed by atoms with Crippen molar-refractivity contribution in [1.82, 2.24) is 15.0 Å². The number of benzene rings is 1. The van der Waals surface area contributed by atoms with E-state index in [-0.39, 0.29) is 5.82 Å². The van der Waals surface area contributed by atoms with Crippen LogP contribution >= 0.6 is 0 Å². The average molecular weight is 289 g/mol. The van der Waals surface area contributed by atoms with Crippen molar-refractivity contribution in [1.29, 1.82) is 0 Å². The van der Waals surface area contributed by atoms with E-state index in [9.17, 15) is 4.39 Å². The molecular weight excluding hydrogens is 272 g/mol. The summed E-state index contributed by atoms with van der Waals surface area (Å²) >= 11 is 0. The maximum atomic E-state index is 13.2. The Hall–Kier alpha value is -1.73. The first-order chi connectivity index (χ1) is 9.78. The molecule has 110 valence electrons. The lowest BCUT2D eigenvalue weighted by molar-refractivity contribution is 0.00578. The first-order valence-electron chi connectivity index (χ1n) is 6.82. The van der Waals surface area contributed by atoms with Crippen molar-refractivity contribution < 1.29 is 13.7 Å². The molecule has 3 rings (SSSR count). The van der Waals surface area contributed by atoms with Crippen molar-refractivity contribution in [3.63, 3.8) is 0 Å². The Morgan fingerprint density at radius 3 is 2.43 bits per heavy atom. The Balaban J connectivity index is 1.87. The Bertz CT molecular complexity index is 656. The number of hydrogen-bond donors (Lipinski definition) is 0. The van der Waals surface area contributed by atoms with Gasteiger partial charge in [-0.3, -0.25) is 0 Å². The lowest BCUT2D eigenvalue weighted by atomic mass is 9.86. The van der Waals surface area contributed by atoms with Gasteiger partial charge in [0.15, 0.2) is 0 Å². The quantitative estimate of drug-likeness (QED) is 0.790. The summed E-state index contributed by atoms with van der Waals surface area (Å²) in [5.41, 5.74) is 0.260. The van der Waals surface area contributed by atoms with E-state index in [0.29, 0.717) is 11.3 Å². The van der Waals surface area contributed by atoms with Crippen molar-refractivity contribution in [3.8, 4) is 5.69 Å². The van der Waals surface area contributed by atoms with Gasteiger partial charge in [-0.05, 0) is 39.8 Å². The molecule has 7 heteroatoms. The predicted octanol–water partition coefficient (Wildman–Crippen LogP) is 1.71. The van der Waals surface area contributed by atoms with Crippen molar-refractivity contribution in [3.05, 3.63) is 36.3 Å². The summed E-state index contributed by atoms with van der Waals surface area (Å²) < 4.78 is 25.1. The molecule has 0 N–H and O–H groups in total. The Kier molecular flexibility index (Phi) is 3.14. The molecule has 1 saturated heterocycles. The van der Waals surface area contributed by atoms with Gasteiger partial charge in [-0.25, -0.2) is 4.39 Å². The maximum absolute atomic E-state index is 13.2. The SMILES string of the molecule is CC1(C)OB(c2cnn(-c3cccc(F)c3)n2)OC1(C)C. The minimum absolute atomic E-state index is 0.331. The minimum Gasteiger partial charge on any atom is -0.398 e. The van der Waals surface area contributed by atoms with Crippen molar-refractivity contribution in [2.45, 2.75) is 38.9 Å². The van der Waals surface area contributed by atoms with Crippen LogP contribution in [0.15, 0.2) is 30.5 Å². The highest BCUT2D eigenvalue weighted by Gasteiger charge is 2.52. The largest absolute Gasteiger partial charge is 0.518 e. The summed E-state index contributed by atoms with van der Waals surface area (Å²) in [5.74, 6) is -0.331. The molecule has 5 nitrogen and oxygen atoms in total. The molecule has 0 aliphatic carbocycles. The number of rotatable bonds is 2. The van der Waals surface area contributed by atoms with E-state index >= 15 is 0 Å². The Labute approximate surface area is 123 Å². The van der Waals surface area contributed by atoms with Crippen LogP contribution in [0.4, 0.5) is 4.39 Å². The lowest BCUT2D eigenvalue weighted by Crippen LogP contribution is -2.41. The standard InChI is InChI=1S/C14H17BFN3O2/c1-13(2)14(3,4)21-15(20-13)12-9-17-19(18-12)11-7-5-6-10(16)8-11/h5-9H,1-4H3. The van der Waals surface area contributed by atoms with Crippen LogP contribution in [0.3, 0.4) is 0 Å². The fourth-order valence-corrected chi connectivity index (χ4v) is 2.07. The lowest BCUT2D eigenvalue weighted by Gasteiger charge is -2.32. The van der Waals surface area contributed by atoms with E-state index in [1.807, 2.05) is 27.7 Å². The fraction of sp³-hybridized carbons (Fsp3) is 0.429. The third-order valence-electron chi connectivity index (χ3n) is 4.04. The second-order valence-corrected chi connectivity index (χ2v) is 6.13. The molecule has 2 heterocycles. The first-order valence-corrected chi connectivity index (χ1v) is 6.82. The third-order valence-corrected chi connectivity index (χ3v) is 4.04. The van der Waals surface area contributed by atoms with Crippen LogP contribution in [0.1, 0.15) is 27.7 Å². The Morgan fingerprint density at radius 1 is 1.14 bits per heavy atom. The smallest absolute Gasteiger partial charge is 0.398 e. The zero-order valence-corrected chi connectivity index (χ0v) is 12.5. The number of nitrogens with zero attached hydrogens (tertiary/aromatic N) is 3. The van der Waals surface area contributed by atoms with Gasteiger partial charge in [0.2, 0.25) is 0 Å². The molecule has 0 bridgehead atoms. The van der Waals surface area contributed by atoms with E-state index in [2.05, 4.69) is 10.2 Å². The van der Waals surface area contributed by atoms with Gasteiger partial charge in [0.05, 0.1) is 23.1 Å². The monoisotopic (exact) mass is 289 g/mol. The molecule has 1 aliphatic heterocycles. The zero-order valence-electron chi connectivity index (χ0n) is 12.5. The van der Waals surface area contributed by atoms with Gasteiger partial charge in [0.25, 0.3) is 0 Å². The van der Waals surface area contributed by atoms with E-state index in [1.54, 1.807) is 18.3 Å². The van der Waals surface area contributed by atoms with Crippen LogP contribution in [-0.2, 0) is 9.31 Å². The minimum atomic E-state index is -0.572.